The third kappa shape index (κ3) is 6.83. The molecule has 32 heavy (non-hydrogen) atoms. The summed E-state index contributed by atoms with van der Waals surface area (Å²) in [6, 6.07) is 16.3. The third-order valence-electron chi connectivity index (χ3n) is 5.54. The van der Waals surface area contributed by atoms with Gasteiger partial charge in [-0.15, -0.1) is 0 Å². The first-order valence-electron chi connectivity index (χ1n) is 11.2. The second kappa shape index (κ2) is 11.9. The van der Waals surface area contributed by atoms with E-state index in [0.717, 1.165) is 24.3 Å². The highest BCUT2D eigenvalue weighted by atomic mass is 16.5. The van der Waals surface area contributed by atoms with Gasteiger partial charge in [0.25, 0.3) is 5.91 Å². The number of para-hydroxylation sites is 1. The minimum absolute atomic E-state index is 0.0151. The van der Waals surface area contributed by atoms with Crippen molar-refractivity contribution in [1.29, 1.82) is 0 Å². The Hall–Kier alpha value is -3.35. The second-order valence-corrected chi connectivity index (χ2v) is 7.92. The van der Waals surface area contributed by atoms with Crippen LogP contribution >= 0.6 is 0 Å². The number of amides is 3. The number of rotatable bonds is 9. The van der Waals surface area contributed by atoms with E-state index in [1.807, 2.05) is 30.3 Å². The Morgan fingerprint density at radius 1 is 1.00 bits per heavy atom. The summed E-state index contributed by atoms with van der Waals surface area (Å²) in [7, 11) is 0. The Morgan fingerprint density at radius 2 is 1.69 bits per heavy atom. The number of ether oxygens (including phenoxy) is 1. The lowest BCUT2D eigenvalue weighted by molar-refractivity contribution is -0.133. The van der Waals surface area contributed by atoms with E-state index in [4.69, 9.17) is 4.74 Å². The number of hydrogen-bond donors (Lipinski definition) is 2. The van der Waals surface area contributed by atoms with Crippen molar-refractivity contribution in [3.8, 4) is 5.75 Å². The van der Waals surface area contributed by atoms with Crippen LogP contribution in [-0.2, 0) is 9.59 Å². The molecule has 3 amide bonds. The summed E-state index contributed by atoms with van der Waals surface area (Å²) in [6.45, 7) is 3.70. The van der Waals surface area contributed by atoms with Gasteiger partial charge in [-0.25, -0.2) is 0 Å². The molecule has 2 aromatic carbocycles. The summed E-state index contributed by atoms with van der Waals surface area (Å²) in [5, 5.41) is 5.61. The van der Waals surface area contributed by atoms with E-state index < -0.39 is 0 Å². The van der Waals surface area contributed by atoms with Crippen LogP contribution in [0.3, 0.4) is 0 Å². The van der Waals surface area contributed by atoms with Gasteiger partial charge in [-0.2, -0.15) is 0 Å². The molecule has 7 nitrogen and oxygen atoms in total. The maximum absolute atomic E-state index is 12.5. The van der Waals surface area contributed by atoms with E-state index in [1.54, 1.807) is 29.2 Å². The molecule has 7 heteroatoms. The van der Waals surface area contributed by atoms with Gasteiger partial charge in [-0.1, -0.05) is 31.5 Å². The van der Waals surface area contributed by atoms with Crippen molar-refractivity contribution in [3.63, 3.8) is 0 Å². The number of carbonyl (C=O) groups is 3. The van der Waals surface area contributed by atoms with E-state index in [0.29, 0.717) is 38.1 Å². The quantitative estimate of drug-likeness (QED) is 0.588. The van der Waals surface area contributed by atoms with Crippen LogP contribution in [0.5, 0.6) is 5.75 Å². The zero-order valence-electron chi connectivity index (χ0n) is 18.5. The minimum Gasteiger partial charge on any atom is -0.494 e. The Bertz CT molecular complexity index is 891. The standard InChI is InChI=1S/C25H31N3O4/c1-2-3-17-32-22-11-9-19(10-12-22)24(30)26-18-23(29)28-15-13-20(14-16-28)25(31)27-21-7-5-4-6-8-21/h4-12,20H,2-3,13-18H2,1H3,(H,26,30)(H,27,31). The first-order valence-corrected chi connectivity index (χ1v) is 11.2. The Balaban J connectivity index is 1.39. The van der Waals surface area contributed by atoms with Gasteiger partial charge in [0.15, 0.2) is 0 Å². The van der Waals surface area contributed by atoms with Crippen LogP contribution in [0.1, 0.15) is 43.0 Å². The van der Waals surface area contributed by atoms with Crippen LogP contribution in [0, 0.1) is 5.92 Å². The van der Waals surface area contributed by atoms with Crippen LogP contribution in [0.2, 0.25) is 0 Å². The summed E-state index contributed by atoms with van der Waals surface area (Å²) in [6.07, 6.45) is 3.27. The zero-order chi connectivity index (χ0) is 22.8. The lowest BCUT2D eigenvalue weighted by atomic mass is 9.95. The highest BCUT2D eigenvalue weighted by Gasteiger charge is 2.27. The molecule has 2 aromatic rings. The van der Waals surface area contributed by atoms with Gasteiger partial charge in [-0.05, 0) is 55.7 Å². The van der Waals surface area contributed by atoms with Crippen molar-refractivity contribution in [2.75, 3.05) is 31.6 Å². The molecule has 1 aliphatic rings. The molecule has 0 unspecified atom stereocenters. The summed E-state index contributed by atoms with van der Waals surface area (Å²) in [4.78, 5) is 39.0. The van der Waals surface area contributed by atoms with E-state index in [2.05, 4.69) is 17.6 Å². The largest absolute Gasteiger partial charge is 0.494 e. The molecule has 0 aromatic heterocycles. The zero-order valence-corrected chi connectivity index (χ0v) is 18.5. The van der Waals surface area contributed by atoms with Crippen molar-refractivity contribution >= 4 is 23.4 Å². The van der Waals surface area contributed by atoms with Crippen LogP contribution in [0.15, 0.2) is 54.6 Å². The first kappa shape index (κ1) is 23.3. The smallest absolute Gasteiger partial charge is 0.251 e. The van der Waals surface area contributed by atoms with Crippen molar-refractivity contribution in [1.82, 2.24) is 10.2 Å². The van der Waals surface area contributed by atoms with Crippen molar-refractivity contribution in [2.24, 2.45) is 5.92 Å². The fourth-order valence-electron chi connectivity index (χ4n) is 3.56. The van der Waals surface area contributed by atoms with Crippen LogP contribution < -0.4 is 15.4 Å². The summed E-state index contributed by atoms with van der Waals surface area (Å²) < 4.78 is 5.60. The van der Waals surface area contributed by atoms with Crippen molar-refractivity contribution < 1.29 is 19.1 Å². The maximum Gasteiger partial charge on any atom is 0.251 e. The normalized spacial score (nSPS) is 14.0. The number of likely N-dealkylation sites (tertiary alicyclic amines) is 1. The molecule has 0 aliphatic carbocycles. The molecule has 0 radical (unpaired) electrons. The molecule has 0 bridgehead atoms. The van der Waals surface area contributed by atoms with Crippen LogP contribution in [0.4, 0.5) is 5.69 Å². The molecule has 0 saturated carbocycles. The number of unbranched alkanes of at least 4 members (excludes halogenated alkanes) is 1. The Labute approximate surface area is 189 Å². The molecule has 0 atom stereocenters. The number of anilines is 1. The van der Waals surface area contributed by atoms with Gasteiger partial charge < -0.3 is 20.3 Å². The molecule has 1 saturated heterocycles. The summed E-state index contributed by atoms with van der Waals surface area (Å²) in [5.74, 6) is 0.159. The monoisotopic (exact) mass is 437 g/mol. The number of nitrogens with one attached hydrogen (secondary N) is 2. The first-order chi connectivity index (χ1) is 15.6. The molecular weight excluding hydrogens is 406 g/mol. The fraction of sp³-hybridized carbons (Fsp3) is 0.400. The molecule has 2 N–H and O–H groups in total. The number of nitrogens with zero attached hydrogens (tertiary/aromatic N) is 1. The highest BCUT2D eigenvalue weighted by Crippen LogP contribution is 2.19. The predicted molar refractivity (Wildman–Crippen MR) is 124 cm³/mol. The van der Waals surface area contributed by atoms with Gasteiger partial charge in [0.2, 0.25) is 11.8 Å². The fourth-order valence-corrected chi connectivity index (χ4v) is 3.56. The van der Waals surface area contributed by atoms with Crippen LogP contribution in [-0.4, -0.2) is 48.9 Å². The Kier molecular flexibility index (Phi) is 8.66. The molecule has 1 aliphatic heterocycles. The van der Waals surface area contributed by atoms with Crippen LogP contribution in [0.25, 0.3) is 0 Å². The molecule has 3 rings (SSSR count). The average Bonchev–Trinajstić information content (AvgIpc) is 2.83. The van der Waals surface area contributed by atoms with E-state index in [1.165, 1.54) is 0 Å². The SMILES string of the molecule is CCCCOc1ccc(C(=O)NCC(=O)N2CCC(C(=O)Nc3ccccc3)CC2)cc1. The topological polar surface area (TPSA) is 87.7 Å². The van der Waals surface area contributed by atoms with E-state index in [9.17, 15) is 14.4 Å². The number of hydrogen-bond acceptors (Lipinski definition) is 4. The van der Waals surface area contributed by atoms with E-state index in [-0.39, 0.29) is 30.2 Å². The molecular formula is C25H31N3O4. The third-order valence-corrected chi connectivity index (χ3v) is 5.54. The molecule has 0 spiro atoms. The van der Waals surface area contributed by atoms with E-state index >= 15 is 0 Å². The molecule has 1 fully saturated rings. The summed E-state index contributed by atoms with van der Waals surface area (Å²) in [5.41, 5.74) is 1.26. The highest BCUT2D eigenvalue weighted by molar-refractivity contribution is 5.96. The van der Waals surface area contributed by atoms with Gasteiger partial charge in [0.1, 0.15) is 5.75 Å². The number of piperidine rings is 1. The lowest BCUT2D eigenvalue weighted by Crippen LogP contribution is -2.45. The minimum atomic E-state index is -0.296. The van der Waals surface area contributed by atoms with Gasteiger partial charge in [0.05, 0.1) is 13.2 Å². The average molecular weight is 438 g/mol. The predicted octanol–water partition coefficient (Wildman–Crippen LogP) is 3.47. The summed E-state index contributed by atoms with van der Waals surface area (Å²) >= 11 is 0. The van der Waals surface area contributed by atoms with Gasteiger partial charge >= 0.3 is 0 Å². The van der Waals surface area contributed by atoms with Crippen molar-refractivity contribution in [2.45, 2.75) is 32.6 Å². The van der Waals surface area contributed by atoms with Gasteiger partial charge in [-0.3, -0.25) is 14.4 Å². The number of benzene rings is 2. The Morgan fingerprint density at radius 3 is 2.34 bits per heavy atom. The lowest BCUT2D eigenvalue weighted by Gasteiger charge is -2.31. The second-order valence-electron chi connectivity index (χ2n) is 7.92. The molecule has 1 heterocycles. The van der Waals surface area contributed by atoms with Crippen molar-refractivity contribution in [3.05, 3.63) is 60.2 Å². The van der Waals surface area contributed by atoms with Gasteiger partial charge in [0, 0.05) is 30.3 Å². The maximum atomic E-state index is 12.5. The molecule has 170 valence electrons. The number of carbonyl (C=O) groups excluding carboxylic acids is 3.